The van der Waals surface area contributed by atoms with E-state index in [-0.39, 0.29) is 6.04 Å². The Morgan fingerprint density at radius 1 is 1.64 bits per heavy atom. The van der Waals surface area contributed by atoms with E-state index in [2.05, 4.69) is 10.4 Å². The molecule has 1 heterocycles. The molecular formula is C10H18N2OS. The van der Waals surface area contributed by atoms with Gasteiger partial charge in [-0.25, -0.2) is 4.98 Å². The second-order valence-electron chi connectivity index (χ2n) is 3.36. The summed E-state index contributed by atoms with van der Waals surface area (Å²) in [5, 5.41) is 3.24. The molecule has 14 heavy (non-hydrogen) atoms. The second kappa shape index (κ2) is 6.11. The van der Waals surface area contributed by atoms with Crippen LogP contribution in [0.2, 0.25) is 0 Å². The van der Waals surface area contributed by atoms with E-state index < -0.39 is 0 Å². The third kappa shape index (κ3) is 4.17. The highest BCUT2D eigenvalue weighted by Crippen LogP contribution is 2.11. The van der Waals surface area contributed by atoms with Gasteiger partial charge in [0.15, 0.2) is 0 Å². The zero-order valence-electron chi connectivity index (χ0n) is 8.82. The number of nitrogens with zero attached hydrogens (tertiary/aromatic N) is 1. The van der Waals surface area contributed by atoms with E-state index in [0.717, 1.165) is 36.8 Å². The van der Waals surface area contributed by atoms with Crippen molar-refractivity contribution in [3.8, 4) is 0 Å². The predicted molar refractivity (Wildman–Crippen MR) is 59.7 cm³/mol. The number of thiazole rings is 1. The van der Waals surface area contributed by atoms with Crippen molar-refractivity contribution in [2.45, 2.75) is 32.7 Å². The van der Waals surface area contributed by atoms with Crippen LogP contribution in [0.25, 0.3) is 0 Å². The van der Waals surface area contributed by atoms with Crippen LogP contribution < -0.4 is 5.73 Å². The SMILES string of the molecule is CCOCCc1nc(CC(C)N)cs1. The minimum atomic E-state index is 0.192. The molecule has 1 rings (SSSR count). The summed E-state index contributed by atoms with van der Waals surface area (Å²) < 4.78 is 5.27. The molecular weight excluding hydrogens is 196 g/mol. The van der Waals surface area contributed by atoms with Gasteiger partial charge in [0.25, 0.3) is 0 Å². The summed E-state index contributed by atoms with van der Waals surface area (Å²) in [7, 11) is 0. The van der Waals surface area contributed by atoms with E-state index in [1.54, 1.807) is 11.3 Å². The molecule has 4 heteroatoms. The highest BCUT2D eigenvalue weighted by molar-refractivity contribution is 7.09. The van der Waals surface area contributed by atoms with Gasteiger partial charge < -0.3 is 10.5 Å². The van der Waals surface area contributed by atoms with Crippen LogP contribution in [-0.4, -0.2) is 24.2 Å². The fourth-order valence-corrected chi connectivity index (χ4v) is 1.98. The first-order valence-corrected chi connectivity index (χ1v) is 5.87. The second-order valence-corrected chi connectivity index (χ2v) is 4.30. The Balaban J connectivity index is 2.35. The number of aromatic nitrogens is 1. The first-order chi connectivity index (χ1) is 6.72. The summed E-state index contributed by atoms with van der Waals surface area (Å²) in [4.78, 5) is 4.48. The van der Waals surface area contributed by atoms with Crippen molar-refractivity contribution < 1.29 is 4.74 Å². The van der Waals surface area contributed by atoms with Crippen LogP contribution in [0.3, 0.4) is 0 Å². The zero-order chi connectivity index (χ0) is 10.4. The van der Waals surface area contributed by atoms with E-state index >= 15 is 0 Å². The third-order valence-electron chi connectivity index (χ3n) is 1.79. The van der Waals surface area contributed by atoms with E-state index in [9.17, 15) is 0 Å². The average Bonchev–Trinajstić information content (AvgIpc) is 2.52. The standard InChI is InChI=1S/C10H18N2OS/c1-3-13-5-4-10-12-9(7-14-10)6-8(2)11/h7-8H,3-6,11H2,1-2H3. The van der Waals surface area contributed by atoms with Gasteiger partial charge in [0.1, 0.15) is 0 Å². The maximum Gasteiger partial charge on any atom is 0.0951 e. The zero-order valence-corrected chi connectivity index (χ0v) is 9.64. The van der Waals surface area contributed by atoms with Crippen LogP contribution in [0.15, 0.2) is 5.38 Å². The monoisotopic (exact) mass is 214 g/mol. The Kier molecular flexibility index (Phi) is 5.07. The Morgan fingerprint density at radius 3 is 3.07 bits per heavy atom. The fourth-order valence-electron chi connectivity index (χ4n) is 1.19. The molecule has 2 N–H and O–H groups in total. The molecule has 3 nitrogen and oxygen atoms in total. The summed E-state index contributed by atoms with van der Waals surface area (Å²) in [6.07, 6.45) is 1.78. The van der Waals surface area contributed by atoms with Crippen molar-refractivity contribution in [3.63, 3.8) is 0 Å². The van der Waals surface area contributed by atoms with Gasteiger partial charge in [-0.2, -0.15) is 0 Å². The lowest BCUT2D eigenvalue weighted by molar-refractivity contribution is 0.151. The van der Waals surface area contributed by atoms with Crippen LogP contribution in [0.1, 0.15) is 24.5 Å². The predicted octanol–water partition coefficient (Wildman–Crippen LogP) is 1.61. The van der Waals surface area contributed by atoms with Crippen molar-refractivity contribution in [2.75, 3.05) is 13.2 Å². The van der Waals surface area contributed by atoms with Crippen LogP contribution >= 0.6 is 11.3 Å². The molecule has 0 radical (unpaired) electrons. The summed E-state index contributed by atoms with van der Waals surface area (Å²) >= 11 is 1.70. The molecule has 0 saturated heterocycles. The minimum absolute atomic E-state index is 0.192. The first kappa shape index (κ1) is 11.6. The minimum Gasteiger partial charge on any atom is -0.381 e. The van der Waals surface area contributed by atoms with E-state index in [1.807, 2.05) is 13.8 Å². The average molecular weight is 214 g/mol. The van der Waals surface area contributed by atoms with Crippen molar-refractivity contribution in [1.82, 2.24) is 4.98 Å². The molecule has 0 aliphatic rings. The molecule has 80 valence electrons. The number of rotatable bonds is 6. The largest absolute Gasteiger partial charge is 0.381 e. The van der Waals surface area contributed by atoms with Crippen molar-refractivity contribution >= 4 is 11.3 Å². The maximum atomic E-state index is 5.70. The molecule has 1 aromatic rings. The molecule has 0 aromatic carbocycles. The lowest BCUT2D eigenvalue weighted by Crippen LogP contribution is -2.17. The van der Waals surface area contributed by atoms with Crippen LogP contribution in [-0.2, 0) is 17.6 Å². The van der Waals surface area contributed by atoms with Gasteiger partial charge in [0.2, 0.25) is 0 Å². The molecule has 0 bridgehead atoms. The summed E-state index contributed by atoms with van der Waals surface area (Å²) in [5.74, 6) is 0. The number of hydrogen-bond acceptors (Lipinski definition) is 4. The number of hydrogen-bond donors (Lipinski definition) is 1. The molecule has 0 aliphatic heterocycles. The Morgan fingerprint density at radius 2 is 2.43 bits per heavy atom. The van der Waals surface area contributed by atoms with Gasteiger partial charge in [0, 0.05) is 30.9 Å². The van der Waals surface area contributed by atoms with Gasteiger partial charge in [-0.1, -0.05) is 0 Å². The Bertz CT molecular complexity index is 260. The molecule has 0 fully saturated rings. The van der Waals surface area contributed by atoms with Crippen molar-refractivity contribution in [3.05, 3.63) is 16.1 Å². The van der Waals surface area contributed by atoms with Gasteiger partial charge in [-0.05, 0) is 13.8 Å². The highest BCUT2D eigenvalue weighted by atomic mass is 32.1. The van der Waals surface area contributed by atoms with Crippen LogP contribution in [0, 0.1) is 0 Å². The maximum absolute atomic E-state index is 5.70. The number of nitrogens with two attached hydrogens (primary N) is 1. The van der Waals surface area contributed by atoms with Crippen LogP contribution in [0.4, 0.5) is 0 Å². The van der Waals surface area contributed by atoms with E-state index in [4.69, 9.17) is 10.5 Å². The lowest BCUT2D eigenvalue weighted by atomic mass is 10.2. The van der Waals surface area contributed by atoms with Gasteiger partial charge in [-0.3, -0.25) is 0 Å². The van der Waals surface area contributed by atoms with Crippen molar-refractivity contribution in [2.24, 2.45) is 5.73 Å². The molecule has 0 aliphatic carbocycles. The van der Waals surface area contributed by atoms with Crippen molar-refractivity contribution in [1.29, 1.82) is 0 Å². The smallest absolute Gasteiger partial charge is 0.0951 e. The summed E-state index contributed by atoms with van der Waals surface area (Å²) in [5.41, 5.74) is 6.80. The molecule has 0 saturated carbocycles. The normalized spacial score (nSPS) is 13.1. The quantitative estimate of drug-likeness (QED) is 0.732. The molecule has 1 aromatic heterocycles. The Labute approximate surface area is 89.3 Å². The lowest BCUT2D eigenvalue weighted by Gasteiger charge is -2.00. The van der Waals surface area contributed by atoms with E-state index in [1.165, 1.54) is 0 Å². The summed E-state index contributed by atoms with van der Waals surface area (Å²) in [6, 6.07) is 0.192. The molecule has 1 unspecified atom stereocenters. The van der Waals surface area contributed by atoms with E-state index in [0.29, 0.717) is 0 Å². The van der Waals surface area contributed by atoms with Crippen LogP contribution in [0.5, 0.6) is 0 Å². The number of ether oxygens (including phenoxy) is 1. The first-order valence-electron chi connectivity index (χ1n) is 4.99. The highest BCUT2D eigenvalue weighted by Gasteiger charge is 2.03. The third-order valence-corrected chi connectivity index (χ3v) is 2.75. The van der Waals surface area contributed by atoms with Gasteiger partial charge >= 0.3 is 0 Å². The fraction of sp³-hybridized carbons (Fsp3) is 0.700. The summed E-state index contributed by atoms with van der Waals surface area (Å²) in [6.45, 7) is 5.54. The molecule has 0 spiro atoms. The van der Waals surface area contributed by atoms with Gasteiger partial charge in [0.05, 0.1) is 17.3 Å². The topological polar surface area (TPSA) is 48.1 Å². The van der Waals surface area contributed by atoms with Gasteiger partial charge in [-0.15, -0.1) is 11.3 Å². The molecule has 1 atom stereocenters. The molecule has 0 amide bonds. The Hall–Kier alpha value is -0.450.